The van der Waals surface area contributed by atoms with E-state index in [9.17, 15) is 13.2 Å². The highest BCUT2D eigenvalue weighted by Crippen LogP contribution is 2.21. The monoisotopic (exact) mass is 298 g/mol. The lowest BCUT2D eigenvalue weighted by Gasteiger charge is -2.09. The van der Waals surface area contributed by atoms with Crippen LogP contribution in [0.3, 0.4) is 0 Å². The molecule has 2 heterocycles. The Morgan fingerprint density at radius 3 is 2.84 bits per heavy atom. The van der Waals surface area contributed by atoms with E-state index in [1.165, 1.54) is 17.6 Å². The van der Waals surface area contributed by atoms with E-state index in [2.05, 4.69) is 10.6 Å². The fourth-order valence-corrected chi connectivity index (χ4v) is 3.47. The number of rotatable bonds is 4. The molecule has 0 saturated heterocycles. The van der Waals surface area contributed by atoms with Gasteiger partial charge in [-0.2, -0.15) is 0 Å². The van der Waals surface area contributed by atoms with Gasteiger partial charge in [0.2, 0.25) is 5.91 Å². The molecular weight excluding hydrogens is 284 g/mol. The Morgan fingerprint density at radius 2 is 2.26 bits per heavy atom. The maximum Gasteiger partial charge on any atom is 0.249 e. The van der Waals surface area contributed by atoms with E-state index < -0.39 is 9.84 Å². The van der Waals surface area contributed by atoms with Crippen molar-refractivity contribution >= 4 is 27.1 Å². The zero-order valence-electron chi connectivity index (χ0n) is 10.3. The van der Waals surface area contributed by atoms with E-state index in [-0.39, 0.29) is 5.91 Å². The summed E-state index contributed by atoms with van der Waals surface area (Å²) in [4.78, 5) is 12.6. The number of sulfone groups is 1. The van der Waals surface area contributed by atoms with Gasteiger partial charge in [0.1, 0.15) is 4.21 Å². The number of carbonyl (C=O) groups is 1. The summed E-state index contributed by atoms with van der Waals surface area (Å²) in [5.41, 5.74) is 0.655. The Balaban J connectivity index is 1.94. The predicted molar refractivity (Wildman–Crippen MR) is 74.3 cm³/mol. The molecule has 0 atom stereocenters. The molecule has 1 aliphatic rings. The first-order chi connectivity index (χ1) is 8.97. The summed E-state index contributed by atoms with van der Waals surface area (Å²) in [5.74, 6) is -0.147. The van der Waals surface area contributed by atoms with Crippen molar-refractivity contribution in [3.05, 3.63) is 41.1 Å². The van der Waals surface area contributed by atoms with Gasteiger partial charge in [0, 0.05) is 22.9 Å². The smallest absolute Gasteiger partial charge is 0.249 e. The maximum atomic E-state index is 11.8. The number of nitrogens with one attached hydrogen (secondary N) is 2. The van der Waals surface area contributed by atoms with E-state index in [4.69, 9.17) is 0 Å². The molecule has 0 spiro atoms. The first-order valence-electron chi connectivity index (χ1n) is 5.64. The lowest BCUT2D eigenvalue weighted by molar-refractivity contribution is -0.117. The van der Waals surface area contributed by atoms with E-state index in [0.717, 1.165) is 4.88 Å². The first-order valence-corrected chi connectivity index (χ1v) is 8.34. The quantitative estimate of drug-likeness (QED) is 0.874. The summed E-state index contributed by atoms with van der Waals surface area (Å²) >= 11 is 1.18. The fourth-order valence-electron chi connectivity index (χ4n) is 1.55. The van der Waals surface area contributed by atoms with Crippen molar-refractivity contribution in [2.45, 2.75) is 17.2 Å². The standard InChI is InChI=1S/C12H14N2O3S2/c1-19(16,17)11-5-4-10(18-11)8-14-12(15)9-3-2-6-13-7-9/h2,4-7,13H,3,8H2,1H3,(H,14,15). The highest BCUT2D eigenvalue weighted by molar-refractivity contribution is 7.92. The SMILES string of the molecule is CS(=O)(=O)c1ccc(CNC(=O)C2=CNC=CC2)s1. The van der Waals surface area contributed by atoms with Crippen LogP contribution in [-0.2, 0) is 21.2 Å². The van der Waals surface area contributed by atoms with Crippen LogP contribution in [0.15, 0.2) is 40.4 Å². The minimum absolute atomic E-state index is 0.147. The molecular formula is C12H14N2O3S2. The van der Waals surface area contributed by atoms with Crippen molar-refractivity contribution in [1.29, 1.82) is 0 Å². The predicted octanol–water partition coefficient (Wildman–Crippen LogP) is 1.16. The topological polar surface area (TPSA) is 75.3 Å². The number of dihydropyridines is 1. The second-order valence-electron chi connectivity index (χ2n) is 4.12. The highest BCUT2D eigenvalue weighted by atomic mass is 32.2. The van der Waals surface area contributed by atoms with Crippen LogP contribution >= 0.6 is 11.3 Å². The molecule has 5 nitrogen and oxygen atoms in total. The summed E-state index contributed by atoms with van der Waals surface area (Å²) in [6, 6.07) is 3.28. The minimum Gasteiger partial charge on any atom is -0.367 e. The molecule has 102 valence electrons. The van der Waals surface area contributed by atoms with Crippen molar-refractivity contribution in [2.24, 2.45) is 0 Å². The molecule has 1 aliphatic heterocycles. The Morgan fingerprint density at radius 1 is 1.47 bits per heavy atom. The molecule has 0 unspecified atom stereocenters. The third-order valence-electron chi connectivity index (χ3n) is 2.53. The van der Waals surface area contributed by atoms with Crippen LogP contribution in [0.4, 0.5) is 0 Å². The lowest BCUT2D eigenvalue weighted by atomic mass is 10.1. The molecule has 0 radical (unpaired) electrons. The van der Waals surface area contributed by atoms with Crippen LogP contribution in [0.2, 0.25) is 0 Å². The van der Waals surface area contributed by atoms with Crippen molar-refractivity contribution in [3.8, 4) is 0 Å². The van der Waals surface area contributed by atoms with Crippen LogP contribution in [0.25, 0.3) is 0 Å². The average molecular weight is 298 g/mol. The molecule has 1 aromatic rings. The summed E-state index contributed by atoms with van der Waals surface area (Å²) < 4.78 is 23.0. The Hall–Kier alpha value is -1.60. The van der Waals surface area contributed by atoms with Gasteiger partial charge in [-0.15, -0.1) is 11.3 Å². The van der Waals surface area contributed by atoms with Crippen LogP contribution in [-0.4, -0.2) is 20.6 Å². The van der Waals surface area contributed by atoms with Gasteiger partial charge in [-0.1, -0.05) is 6.08 Å². The third kappa shape index (κ3) is 3.68. The molecule has 2 N–H and O–H groups in total. The molecule has 19 heavy (non-hydrogen) atoms. The zero-order chi connectivity index (χ0) is 13.9. The molecule has 0 aliphatic carbocycles. The largest absolute Gasteiger partial charge is 0.367 e. The first kappa shape index (κ1) is 13.8. The Kier molecular flexibility index (Phi) is 4.06. The van der Waals surface area contributed by atoms with E-state index in [1.807, 2.05) is 6.08 Å². The van der Waals surface area contributed by atoms with Crippen LogP contribution in [0.5, 0.6) is 0 Å². The van der Waals surface area contributed by atoms with Crippen molar-refractivity contribution in [1.82, 2.24) is 10.6 Å². The third-order valence-corrected chi connectivity index (χ3v) is 5.43. The van der Waals surface area contributed by atoms with Crippen LogP contribution in [0.1, 0.15) is 11.3 Å². The molecule has 0 bridgehead atoms. The molecule has 2 rings (SSSR count). The van der Waals surface area contributed by atoms with E-state index in [0.29, 0.717) is 22.7 Å². The number of amides is 1. The van der Waals surface area contributed by atoms with Gasteiger partial charge < -0.3 is 10.6 Å². The summed E-state index contributed by atoms with van der Waals surface area (Å²) in [6.45, 7) is 0.333. The van der Waals surface area contributed by atoms with Gasteiger partial charge in [-0.25, -0.2) is 8.42 Å². The molecule has 0 aromatic carbocycles. The lowest BCUT2D eigenvalue weighted by Crippen LogP contribution is -2.25. The average Bonchev–Trinajstić information content (AvgIpc) is 2.86. The van der Waals surface area contributed by atoms with Crippen molar-refractivity contribution < 1.29 is 13.2 Å². The van der Waals surface area contributed by atoms with Crippen LogP contribution in [0, 0.1) is 0 Å². The van der Waals surface area contributed by atoms with Gasteiger partial charge in [-0.05, 0) is 24.8 Å². The number of allylic oxidation sites excluding steroid dienone is 1. The second kappa shape index (κ2) is 5.58. The number of hydrogen-bond donors (Lipinski definition) is 2. The van der Waals surface area contributed by atoms with Gasteiger partial charge >= 0.3 is 0 Å². The van der Waals surface area contributed by atoms with E-state index >= 15 is 0 Å². The molecule has 0 fully saturated rings. The van der Waals surface area contributed by atoms with Crippen molar-refractivity contribution in [2.75, 3.05) is 6.26 Å². The van der Waals surface area contributed by atoms with E-state index in [1.54, 1.807) is 24.5 Å². The minimum atomic E-state index is -3.17. The Bertz CT molecular complexity index is 642. The summed E-state index contributed by atoms with van der Waals surface area (Å²) in [5, 5.41) is 5.63. The van der Waals surface area contributed by atoms with Crippen molar-refractivity contribution in [3.63, 3.8) is 0 Å². The number of hydrogen-bond acceptors (Lipinski definition) is 5. The number of carbonyl (C=O) groups excluding carboxylic acids is 1. The molecule has 1 amide bonds. The maximum absolute atomic E-state index is 11.8. The van der Waals surface area contributed by atoms with Gasteiger partial charge in [0.15, 0.2) is 9.84 Å². The zero-order valence-corrected chi connectivity index (χ0v) is 12.0. The summed E-state index contributed by atoms with van der Waals surface area (Å²) in [6.07, 6.45) is 7.06. The second-order valence-corrected chi connectivity index (χ2v) is 7.53. The normalized spacial score (nSPS) is 14.7. The van der Waals surface area contributed by atoms with Gasteiger partial charge in [0.05, 0.1) is 6.54 Å². The fraction of sp³-hybridized carbons (Fsp3) is 0.250. The van der Waals surface area contributed by atoms with Crippen LogP contribution < -0.4 is 10.6 Å². The molecule has 7 heteroatoms. The van der Waals surface area contributed by atoms with Gasteiger partial charge in [-0.3, -0.25) is 4.79 Å². The van der Waals surface area contributed by atoms with Gasteiger partial charge in [0.25, 0.3) is 0 Å². The summed E-state index contributed by atoms with van der Waals surface area (Å²) in [7, 11) is -3.17. The molecule has 0 saturated carbocycles. The number of thiophene rings is 1. The Labute approximate surface area is 115 Å². The highest BCUT2D eigenvalue weighted by Gasteiger charge is 2.12. The molecule has 1 aromatic heterocycles.